The van der Waals surface area contributed by atoms with Crippen molar-refractivity contribution in [3.05, 3.63) is 97.1 Å². The minimum absolute atomic E-state index is 0.0803. The standard InChI is InChI=1S/C26H22N8O2/c35-23-15-7-3-11-19(23)27-25(33-21-13-5-1-9-17(21)29-31-33)26(28-20-12-4-8-16-24(20)36)34-22-14-6-2-10-18(22)30-32-34/h1-16,25-28,35-36H/t25-,26+. The number of fused-ring (bicyclic) bond motifs is 2. The van der Waals surface area contributed by atoms with Crippen LogP contribution in [0.15, 0.2) is 97.1 Å². The zero-order valence-electron chi connectivity index (χ0n) is 19.0. The van der Waals surface area contributed by atoms with Crippen LogP contribution in [0.3, 0.4) is 0 Å². The number of anilines is 2. The summed E-state index contributed by atoms with van der Waals surface area (Å²) in [5, 5.41) is 45.6. The maximum absolute atomic E-state index is 10.6. The zero-order chi connectivity index (χ0) is 24.5. The molecular weight excluding hydrogens is 456 g/mol. The first kappa shape index (κ1) is 21.4. The van der Waals surface area contributed by atoms with E-state index in [0.29, 0.717) is 22.4 Å². The average Bonchev–Trinajstić information content (AvgIpc) is 3.53. The van der Waals surface area contributed by atoms with Gasteiger partial charge in [0.1, 0.15) is 22.5 Å². The predicted octanol–water partition coefficient (Wildman–Crippen LogP) is 4.51. The summed E-state index contributed by atoms with van der Waals surface area (Å²) in [4.78, 5) is 0. The van der Waals surface area contributed by atoms with Gasteiger partial charge in [-0.1, -0.05) is 59.0 Å². The molecule has 0 saturated carbocycles. The SMILES string of the molecule is Oc1ccccc1N[C@H]([C@H](Nc1ccccc1O)n1nnc2ccccc21)n1nnc2ccccc21. The summed E-state index contributed by atoms with van der Waals surface area (Å²) in [6.45, 7) is 0. The Hall–Kier alpha value is -5.12. The van der Waals surface area contributed by atoms with Crippen molar-refractivity contribution in [3.8, 4) is 11.5 Å². The molecule has 6 aromatic rings. The van der Waals surface area contributed by atoms with Crippen LogP contribution in [0.4, 0.5) is 11.4 Å². The Balaban J connectivity index is 1.57. The maximum atomic E-state index is 10.6. The van der Waals surface area contributed by atoms with Crippen molar-refractivity contribution in [2.75, 3.05) is 10.6 Å². The molecule has 0 spiro atoms. The van der Waals surface area contributed by atoms with Crippen LogP contribution in [0.2, 0.25) is 0 Å². The number of aromatic hydroxyl groups is 2. The van der Waals surface area contributed by atoms with Crippen LogP contribution in [0.5, 0.6) is 11.5 Å². The molecule has 4 aromatic carbocycles. The van der Waals surface area contributed by atoms with Gasteiger partial charge >= 0.3 is 0 Å². The molecule has 0 aliphatic carbocycles. The first-order valence-electron chi connectivity index (χ1n) is 11.4. The second-order valence-corrected chi connectivity index (χ2v) is 8.26. The van der Waals surface area contributed by atoms with E-state index in [4.69, 9.17) is 0 Å². The fraction of sp³-hybridized carbons (Fsp3) is 0.0769. The smallest absolute Gasteiger partial charge is 0.164 e. The van der Waals surface area contributed by atoms with Crippen molar-refractivity contribution >= 4 is 33.4 Å². The summed E-state index contributed by atoms with van der Waals surface area (Å²) < 4.78 is 3.46. The van der Waals surface area contributed by atoms with Gasteiger partial charge in [0.05, 0.1) is 22.4 Å². The van der Waals surface area contributed by atoms with Crippen molar-refractivity contribution in [1.29, 1.82) is 0 Å². The average molecular weight is 479 g/mol. The molecule has 0 aliphatic rings. The Morgan fingerprint density at radius 3 is 1.36 bits per heavy atom. The van der Waals surface area contributed by atoms with Gasteiger partial charge in [-0.3, -0.25) is 0 Å². The molecule has 0 aliphatic heterocycles. The molecule has 2 atom stereocenters. The number of aromatic nitrogens is 6. The third-order valence-electron chi connectivity index (χ3n) is 6.00. The highest BCUT2D eigenvalue weighted by Crippen LogP contribution is 2.35. The predicted molar refractivity (Wildman–Crippen MR) is 137 cm³/mol. The molecule has 0 unspecified atom stereocenters. The Labute approximate surface area is 205 Å². The highest BCUT2D eigenvalue weighted by atomic mass is 16.3. The zero-order valence-corrected chi connectivity index (χ0v) is 19.0. The Morgan fingerprint density at radius 1 is 0.528 bits per heavy atom. The highest BCUT2D eigenvalue weighted by molar-refractivity contribution is 5.75. The molecule has 0 amide bonds. The summed E-state index contributed by atoms with van der Waals surface area (Å²) in [5.41, 5.74) is 3.97. The lowest BCUT2D eigenvalue weighted by molar-refractivity contribution is 0.344. The van der Waals surface area contributed by atoms with Gasteiger partial charge in [-0.2, -0.15) is 0 Å². The van der Waals surface area contributed by atoms with Gasteiger partial charge in [-0.05, 0) is 48.5 Å². The number of para-hydroxylation sites is 6. The van der Waals surface area contributed by atoms with E-state index < -0.39 is 12.3 Å². The third kappa shape index (κ3) is 3.80. The molecule has 178 valence electrons. The molecule has 36 heavy (non-hydrogen) atoms. The molecule has 0 bridgehead atoms. The fourth-order valence-electron chi connectivity index (χ4n) is 4.24. The third-order valence-corrected chi connectivity index (χ3v) is 6.00. The molecular formula is C26H22N8O2. The number of phenols is 2. The first-order valence-corrected chi connectivity index (χ1v) is 11.4. The van der Waals surface area contributed by atoms with Gasteiger partial charge in [0, 0.05) is 0 Å². The maximum Gasteiger partial charge on any atom is 0.164 e. The van der Waals surface area contributed by atoms with Crippen molar-refractivity contribution in [1.82, 2.24) is 30.0 Å². The molecule has 0 saturated heterocycles. The minimum Gasteiger partial charge on any atom is -0.506 e. The van der Waals surface area contributed by atoms with Crippen molar-refractivity contribution < 1.29 is 10.2 Å². The molecule has 2 aromatic heterocycles. The monoisotopic (exact) mass is 478 g/mol. The van der Waals surface area contributed by atoms with Crippen LogP contribution in [0, 0.1) is 0 Å². The lowest BCUT2D eigenvalue weighted by Gasteiger charge is -2.31. The number of rotatable bonds is 7. The largest absolute Gasteiger partial charge is 0.506 e. The number of hydrogen-bond acceptors (Lipinski definition) is 8. The Bertz CT molecular complexity index is 1540. The number of nitrogens with zero attached hydrogens (tertiary/aromatic N) is 6. The van der Waals surface area contributed by atoms with Crippen molar-refractivity contribution in [2.24, 2.45) is 0 Å². The van der Waals surface area contributed by atoms with Crippen molar-refractivity contribution in [2.45, 2.75) is 12.3 Å². The molecule has 10 nitrogen and oxygen atoms in total. The first-order chi connectivity index (χ1) is 17.7. The topological polar surface area (TPSA) is 126 Å². The number of benzene rings is 4. The molecule has 2 heterocycles. The van der Waals surface area contributed by atoms with Gasteiger partial charge < -0.3 is 20.8 Å². The summed E-state index contributed by atoms with van der Waals surface area (Å²) in [7, 11) is 0. The quantitative estimate of drug-likeness (QED) is 0.247. The van der Waals surface area contributed by atoms with E-state index >= 15 is 0 Å². The normalized spacial score (nSPS) is 13.0. The molecule has 4 N–H and O–H groups in total. The van der Waals surface area contributed by atoms with Gasteiger partial charge in [0.2, 0.25) is 0 Å². The second kappa shape index (κ2) is 8.91. The number of hydrogen-bond donors (Lipinski definition) is 4. The van der Waals surface area contributed by atoms with E-state index in [-0.39, 0.29) is 11.5 Å². The second-order valence-electron chi connectivity index (χ2n) is 8.26. The van der Waals surface area contributed by atoms with E-state index in [0.717, 1.165) is 11.0 Å². The summed E-state index contributed by atoms with van der Waals surface area (Å²) >= 11 is 0. The fourth-order valence-corrected chi connectivity index (χ4v) is 4.24. The van der Waals surface area contributed by atoms with Crippen LogP contribution < -0.4 is 10.6 Å². The minimum atomic E-state index is -0.671. The Kier molecular flexibility index (Phi) is 5.30. The van der Waals surface area contributed by atoms with E-state index in [9.17, 15) is 10.2 Å². The van der Waals surface area contributed by atoms with Crippen LogP contribution in [0.25, 0.3) is 22.1 Å². The van der Waals surface area contributed by atoms with Crippen molar-refractivity contribution in [3.63, 3.8) is 0 Å². The van der Waals surface area contributed by atoms with Gasteiger partial charge in [0.15, 0.2) is 12.3 Å². The van der Waals surface area contributed by atoms with Crippen LogP contribution in [-0.4, -0.2) is 40.2 Å². The number of nitrogens with one attached hydrogen (secondary N) is 2. The van der Waals surface area contributed by atoms with Crippen LogP contribution >= 0.6 is 0 Å². The molecule has 0 fully saturated rings. The lowest BCUT2D eigenvalue weighted by Crippen LogP contribution is -2.35. The van der Waals surface area contributed by atoms with Gasteiger partial charge in [0.25, 0.3) is 0 Å². The van der Waals surface area contributed by atoms with Crippen LogP contribution in [-0.2, 0) is 0 Å². The van der Waals surface area contributed by atoms with E-state index in [1.54, 1.807) is 45.8 Å². The summed E-state index contributed by atoms with van der Waals surface area (Å²) in [6.07, 6.45) is -1.34. The summed E-state index contributed by atoms with van der Waals surface area (Å²) in [5.74, 6) is 0.161. The number of phenolic OH excluding ortho intramolecular Hbond substituents is 2. The molecule has 10 heteroatoms. The van der Waals surface area contributed by atoms with E-state index in [1.807, 2.05) is 60.7 Å². The van der Waals surface area contributed by atoms with E-state index in [1.165, 1.54) is 0 Å². The van der Waals surface area contributed by atoms with E-state index in [2.05, 4.69) is 31.3 Å². The lowest BCUT2D eigenvalue weighted by atomic mass is 10.2. The molecule has 0 radical (unpaired) electrons. The van der Waals surface area contributed by atoms with Crippen LogP contribution in [0.1, 0.15) is 12.3 Å². The highest BCUT2D eigenvalue weighted by Gasteiger charge is 2.31. The Morgan fingerprint density at radius 2 is 0.917 bits per heavy atom. The van der Waals surface area contributed by atoms with Gasteiger partial charge in [-0.15, -0.1) is 10.2 Å². The van der Waals surface area contributed by atoms with Gasteiger partial charge in [-0.25, -0.2) is 9.36 Å². The molecule has 6 rings (SSSR count). The summed E-state index contributed by atoms with van der Waals surface area (Å²) in [6, 6.07) is 29.2.